The summed E-state index contributed by atoms with van der Waals surface area (Å²) in [5, 5.41) is 0. The molecule has 1 amide bonds. The minimum atomic E-state index is -3.39. The second kappa shape index (κ2) is 11.1. The lowest BCUT2D eigenvalue weighted by molar-refractivity contribution is -0.133. The summed E-state index contributed by atoms with van der Waals surface area (Å²) in [6, 6.07) is 7.14. The summed E-state index contributed by atoms with van der Waals surface area (Å²) in [6.45, 7) is 6.08. The number of carbonyl (C=O) groups is 1. The molecule has 2 heterocycles. The number of carbonyl (C=O) groups excluding carboxylic acids is 1. The molecule has 32 heavy (non-hydrogen) atoms. The first-order valence-corrected chi connectivity index (χ1v) is 14.1. The van der Waals surface area contributed by atoms with Gasteiger partial charge in [0.1, 0.15) is 0 Å². The maximum absolute atomic E-state index is 12.8. The van der Waals surface area contributed by atoms with Crippen LogP contribution in [0, 0.1) is 5.92 Å². The van der Waals surface area contributed by atoms with E-state index in [2.05, 4.69) is 4.90 Å². The molecule has 3 fully saturated rings. The number of amides is 1. The fraction of sp³-hybridized carbons (Fsp3) is 0.720. The van der Waals surface area contributed by atoms with Gasteiger partial charge in [0, 0.05) is 52.2 Å². The molecule has 0 unspecified atom stereocenters. The van der Waals surface area contributed by atoms with Crippen LogP contribution in [0.1, 0.15) is 63.4 Å². The number of rotatable bonds is 7. The number of piperazine rings is 1. The first kappa shape index (κ1) is 23.7. The Morgan fingerprint density at radius 2 is 1.44 bits per heavy atom. The minimum absolute atomic E-state index is 0.215. The van der Waals surface area contributed by atoms with Crippen LogP contribution >= 0.6 is 0 Å². The van der Waals surface area contributed by atoms with E-state index in [1.165, 1.54) is 38.6 Å². The summed E-state index contributed by atoms with van der Waals surface area (Å²) < 4.78 is 27.2. The van der Waals surface area contributed by atoms with E-state index < -0.39 is 10.0 Å². The predicted molar refractivity (Wildman–Crippen MR) is 127 cm³/mol. The molecule has 4 rings (SSSR count). The molecule has 178 valence electrons. The van der Waals surface area contributed by atoms with Gasteiger partial charge in [-0.25, -0.2) is 8.42 Å². The highest BCUT2D eigenvalue weighted by Gasteiger charge is 2.26. The molecule has 0 radical (unpaired) electrons. The molecule has 1 aromatic rings. The van der Waals surface area contributed by atoms with E-state index in [1.807, 2.05) is 17.0 Å². The van der Waals surface area contributed by atoms with Crippen LogP contribution in [0.2, 0.25) is 0 Å². The summed E-state index contributed by atoms with van der Waals surface area (Å²) in [4.78, 5) is 17.6. The Kier molecular flexibility index (Phi) is 8.24. The van der Waals surface area contributed by atoms with Crippen molar-refractivity contribution in [2.45, 2.75) is 69.1 Å². The molecule has 7 heteroatoms. The number of nitrogens with zero attached hydrogens (tertiary/aromatic N) is 3. The van der Waals surface area contributed by atoms with Gasteiger partial charge in [0.15, 0.2) is 0 Å². The van der Waals surface area contributed by atoms with Gasteiger partial charge in [0.25, 0.3) is 0 Å². The van der Waals surface area contributed by atoms with Crippen LogP contribution in [0.3, 0.4) is 0 Å². The van der Waals surface area contributed by atoms with Gasteiger partial charge in [0.05, 0.1) is 4.90 Å². The Balaban J connectivity index is 1.21. The topological polar surface area (TPSA) is 60.9 Å². The lowest BCUT2D eigenvalue weighted by atomic mass is 9.89. The Morgan fingerprint density at radius 1 is 0.812 bits per heavy atom. The van der Waals surface area contributed by atoms with Crippen LogP contribution in [0.25, 0.3) is 0 Å². The maximum Gasteiger partial charge on any atom is 0.243 e. The van der Waals surface area contributed by atoms with Gasteiger partial charge in [-0.1, -0.05) is 37.8 Å². The lowest BCUT2D eigenvalue weighted by Crippen LogP contribution is -2.49. The quantitative estimate of drug-likeness (QED) is 0.623. The normalized spacial score (nSPS) is 22.2. The third-order valence-electron chi connectivity index (χ3n) is 7.47. The monoisotopic (exact) mass is 461 g/mol. The van der Waals surface area contributed by atoms with E-state index in [0.29, 0.717) is 30.8 Å². The zero-order valence-corrected chi connectivity index (χ0v) is 20.2. The molecule has 2 aliphatic heterocycles. The van der Waals surface area contributed by atoms with E-state index >= 15 is 0 Å². The fourth-order valence-electron chi connectivity index (χ4n) is 5.41. The SMILES string of the molecule is O=C(CCc1ccc(S(=O)(=O)N2CCCCC2)cc1)N1CCN(CC2CCCCC2)CC1. The van der Waals surface area contributed by atoms with Crippen molar-refractivity contribution in [3.8, 4) is 0 Å². The first-order chi connectivity index (χ1) is 15.5. The Labute approximate surface area is 194 Å². The molecule has 0 aromatic heterocycles. The molecule has 1 aliphatic carbocycles. The van der Waals surface area contributed by atoms with Crippen molar-refractivity contribution in [2.75, 3.05) is 45.8 Å². The van der Waals surface area contributed by atoms with Gasteiger partial charge in [-0.05, 0) is 55.7 Å². The van der Waals surface area contributed by atoms with Crippen LogP contribution in [-0.4, -0.2) is 74.2 Å². The van der Waals surface area contributed by atoms with Gasteiger partial charge in [0.2, 0.25) is 15.9 Å². The molecule has 2 saturated heterocycles. The third-order valence-corrected chi connectivity index (χ3v) is 9.38. The summed E-state index contributed by atoms with van der Waals surface area (Å²) >= 11 is 0. The molecule has 0 atom stereocenters. The van der Waals surface area contributed by atoms with Crippen molar-refractivity contribution in [3.05, 3.63) is 29.8 Å². The number of sulfonamides is 1. The van der Waals surface area contributed by atoms with Gasteiger partial charge < -0.3 is 4.90 Å². The van der Waals surface area contributed by atoms with Crippen molar-refractivity contribution in [1.29, 1.82) is 0 Å². The molecular formula is C25H39N3O3S. The third kappa shape index (κ3) is 6.12. The Bertz CT molecular complexity index is 836. The zero-order chi connectivity index (χ0) is 22.4. The van der Waals surface area contributed by atoms with Crippen LogP contribution in [0.15, 0.2) is 29.2 Å². The Morgan fingerprint density at radius 3 is 2.09 bits per heavy atom. The van der Waals surface area contributed by atoms with E-state index in [0.717, 1.165) is 56.9 Å². The molecule has 3 aliphatic rings. The minimum Gasteiger partial charge on any atom is -0.340 e. The molecule has 0 N–H and O–H groups in total. The number of hydrogen-bond donors (Lipinski definition) is 0. The van der Waals surface area contributed by atoms with E-state index in [9.17, 15) is 13.2 Å². The largest absolute Gasteiger partial charge is 0.340 e. The van der Waals surface area contributed by atoms with Crippen molar-refractivity contribution in [1.82, 2.24) is 14.1 Å². The summed E-state index contributed by atoms with van der Waals surface area (Å²) in [5.74, 6) is 1.07. The van der Waals surface area contributed by atoms with E-state index in [-0.39, 0.29) is 5.91 Å². The second-order valence-corrected chi connectivity index (χ2v) is 11.7. The average molecular weight is 462 g/mol. The van der Waals surface area contributed by atoms with Crippen molar-refractivity contribution in [3.63, 3.8) is 0 Å². The van der Waals surface area contributed by atoms with Crippen molar-refractivity contribution >= 4 is 15.9 Å². The fourth-order valence-corrected chi connectivity index (χ4v) is 6.92. The van der Waals surface area contributed by atoms with Crippen LogP contribution in [0.5, 0.6) is 0 Å². The number of benzene rings is 1. The standard InChI is InChI=1S/C25H39N3O3S/c29-25(27-19-17-26(18-20-27)21-23-7-3-1-4-8-23)14-11-22-9-12-24(13-10-22)32(30,31)28-15-5-2-6-16-28/h9-10,12-13,23H,1-8,11,14-21H2. The molecule has 6 nitrogen and oxygen atoms in total. The van der Waals surface area contributed by atoms with E-state index in [1.54, 1.807) is 16.4 Å². The second-order valence-electron chi connectivity index (χ2n) is 9.79. The van der Waals surface area contributed by atoms with Crippen LogP contribution < -0.4 is 0 Å². The maximum atomic E-state index is 12.8. The smallest absolute Gasteiger partial charge is 0.243 e. The average Bonchev–Trinajstić information content (AvgIpc) is 2.84. The summed E-state index contributed by atoms with van der Waals surface area (Å²) in [6.07, 6.45) is 11.0. The number of hydrogen-bond acceptors (Lipinski definition) is 4. The van der Waals surface area contributed by atoms with Crippen LogP contribution in [0.4, 0.5) is 0 Å². The lowest BCUT2D eigenvalue weighted by Gasteiger charge is -2.37. The molecule has 0 bridgehead atoms. The van der Waals surface area contributed by atoms with Crippen molar-refractivity contribution in [2.24, 2.45) is 5.92 Å². The van der Waals surface area contributed by atoms with Gasteiger partial charge >= 0.3 is 0 Å². The predicted octanol–water partition coefficient (Wildman–Crippen LogP) is 3.52. The number of aryl methyl sites for hydroxylation is 1. The zero-order valence-electron chi connectivity index (χ0n) is 19.4. The van der Waals surface area contributed by atoms with Crippen molar-refractivity contribution < 1.29 is 13.2 Å². The van der Waals surface area contributed by atoms with Gasteiger partial charge in [-0.3, -0.25) is 9.69 Å². The van der Waals surface area contributed by atoms with Gasteiger partial charge in [-0.15, -0.1) is 0 Å². The summed E-state index contributed by atoms with van der Waals surface area (Å²) in [5.41, 5.74) is 1.02. The highest BCUT2D eigenvalue weighted by Crippen LogP contribution is 2.25. The highest BCUT2D eigenvalue weighted by atomic mass is 32.2. The first-order valence-electron chi connectivity index (χ1n) is 12.6. The summed E-state index contributed by atoms with van der Waals surface area (Å²) in [7, 11) is -3.39. The van der Waals surface area contributed by atoms with E-state index in [4.69, 9.17) is 0 Å². The molecular weight excluding hydrogens is 422 g/mol. The Hall–Kier alpha value is -1.44. The molecule has 1 aromatic carbocycles. The molecule has 1 saturated carbocycles. The van der Waals surface area contributed by atoms with Crippen LogP contribution in [-0.2, 0) is 21.2 Å². The van der Waals surface area contributed by atoms with Gasteiger partial charge in [-0.2, -0.15) is 4.31 Å². The highest BCUT2D eigenvalue weighted by molar-refractivity contribution is 7.89. The molecule has 0 spiro atoms. The number of piperidine rings is 1.